The molecule has 0 aromatic carbocycles. The summed E-state index contributed by atoms with van der Waals surface area (Å²) < 4.78 is 17.9. The number of aromatic nitrogens is 1. The smallest absolute Gasteiger partial charge is 0.309 e. The number of epoxide rings is 2. The Morgan fingerprint density at radius 1 is 1.26 bits per heavy atom. The summed E-state index contributed by atoms with van der Waals surface area (Å²) in [5.74, 6) is -1.75. The third-order valence-corrected chi connectivity index (χ3v) is 10.2. The van der Waals surface area contributed by atoms with E-state index in [1.807, 2.05) is 32.2 Å². The minimum Gasteiger partial charge on any atom is -0.458 e. The van der Waals surface area contributed by atoms with Crippen LogP contribution in [0.4, 0.5) is 0 Å². The fraction of sp³-hybridized carbons (Fsp3) is 0.767. The van der Waals surface area contributed by atoms with Crippen LogP contribution in [0.3, 0.4) is 0 Å². The predicted octanol–water partition coefficient (Wildman–Crippen LogP) is 4.64. The van der Waals surface area contributed by atoms with Crippen molar-refractivity contribution in [3.8, 4) is 0 Å². The number of carbonyl (C=O) groups excluding carboxylic acids is 2. The van der Waals surface area contributed by atoms with Crippen LogP contribution in [-0.2, 0) is 23.8 Å². The molecule has 3 aliphatic heterocycles. The van der Waals surface area contributed by atoms with Crippen LogP contribution in [0.2, 0.25) is 0 Å². The number of hydrogen-bond donors (Lipinski definition) is 2. The molecule has 0 aliphatic carbocycles. The second-order valence-corrected chi connectivity index (χ2v) is 13.7. The Balaban J connectivity index is 1.64. The highest BCUT2D eigenvalue weighted by Crippen LogP contribution is 2.57. The molecule has 4 heterocycles. The Morgan fingerprint density at radius 3 is 2.54 bits per heavy atom. The number of ether oxygens (including phenoxy) is 3. The number of nitrogens with zero attached hydrogens (tertiary/aromatic N) is 1. The lowest BCUT2D eigenvalue weighted by atomic mass is 9.71. The Hall–Kier alpha value is -1.65. The number of cyclic esters (lactones) is 1. The standard InChI is InChI=1S/C30H45NO7S/c1-8-30-14-21(18(3)12-20-16-39-19(4)31-20)37-24(33)13-23(32)28(5,6)27(35)25(22-15-36-22)26(34)17(2)10-9-11-29(30,7)38-30/h12,16-17,21-23,25-26,32,34H,8-11,13-15H2,1-7H3/t17-,21-,22?,23-,25-,26+,29?,30?/m0/s1. The average Bonchev–Trinajstić information content (AvgIpc) is 3.75. The maximum atomic E-state index is 13.7. The molecule has 8 nitrogen and oxygen atoms in total. The minimum absolute atomic E-state index is 0.133. The molecular formula is C30H45NO7S. The van der Waals surface area contributed by atoms with E-state index in [9.17, 15) is 19.8 Å². The van der Waals surface area contributed by atoms with Crippen molar-refractivity contribution in [1.29, 1.82) is 0 Å². The predicted molar refractivity (Wildman–Crippen MR) is 149 cm³/mol. The average molecular weight is 564 g/mol. The van der Waals surface area contributed by atoms with E-state index in [0.717, 1.165) is 42.0 Å². The van der Waals surface area contributed by atoms with Gasteiger partial charge in [0.2, 0.25) is 0 Å². The van der Waals surface area contributed by atoms with E-state index in [2.05, 4.69) is 18.8 Å². The molecule has 0 saturated carbocycles. The van der Waals surface area contributed by atoms with Gasteiger partial charge in [0.1, 0.15) is 17.5 Å². The topological polar surface area (TPSA) is 122 Å². The number of Topliss-reactive ketones (excluding diaryl/α,β-unsaturated/α-hetero) is 1. The monoisotopic (exact) mass is 563 g/mol. The van der Waals surface area contributed by atoms with Crippen LogP contribution in [0, 0.1) is 24.2 Å². The van der Waals surface area contributed by atoms with Crippen LogP contribution in [0.1, 0.15) is 90.8 Å². The van der Waals surface area contributed by atoms with Crippen molar-refractivity contribution >= 4 is 29.2 Å². The number of aliphatic hydroxyl groups excluding tert-OH is 2. The van der Waals surface area contributed by atoms with E-state index >= 15 is 0 Å². The SMILES string of the molecule is CCC12C[C@@H](C(C)=Cc3csc(C)n3)OC(=O)C[C@H](O)C(C)(C)C(=O)[C@@H](C3CO3)[C@H](O)[C@@H](C)CCCC1(C)O2. The first-order chi connectivity index (χ1) is 18.2. The van der Waals surface area contributed by atoms with Crippen LogP contribution in [0.15, 0.2) is 11.0 Å². The second kappa shape index (κ2) is 11.3. The van der Waals surface area contributed by atoms with E-state index in [0.29, 0.717) is 13.0 Å². The summed E-state index contributed by atoms with van der Waals surface area (Å²) in [6.07, 6.45) is 2.13. The molecule has 1 aromatic heterocycles. The molecule has 4 rings (SSSR count). The molecule has 0 spiro atoms. The van der Waals surface area contributed by atoms with Crippen LogP contribution in [-0.4, -0.2) is 69.2 Å². The van der Waals surface area contributed by atoms with Crippen molar-refractivity contribution in [3.63, 3.8) is 0 Å². The Bertz CT molecular complexity index is 1090. The number of ketones is 1. The zero-order valence-electron chi connectivity index (χ0n) is 24.4. The molecular weight excluding hydrogens is 518 g/mol. The zero-order valence-corrected chi connectivity index (χ0v) is 25.2. The molecule has 8 atom stereocenters. The number of fused-ring (bicyclic) bond motifs is 1. The third kappa shape index (κ3) is 6.32. The molecule has 0 bridgehead atoms. The normalized spacial score (nSPS) is 40.1. The van der Waals surface area contributed by atoms with E-state index in [4.69, 9.17) is 14.2 Å². The van der Waals surface area contributed by atoms with Crippen molar-refractivity contribution in [3.05, 3.63) is 21.7 Å². The molecule has 3 aliphatic rings. The largest absolute Gasteiger partial charge is 0.458 e. The first-order valence-electron chi connectivity index (χ1n) is 14.2. The first kappa shape index (κ1) is 30.3. The van der Waals surface area contributed by atoms with Gasteiger partial charge in [-0.15, -0.1) is 11.3 Å². The summed E-state index contributed by atoms with van der Waals surface area (Å²) in [7, 11) is 0. The van der Waals surface area contributed by atoms with Crippen LogP contribution in [0.25, 0.3) is 6.08 Å². The molecule has 3 fully saturated rings. The van der Waals surface area contributed by atoms with Gasteiger partial charge in [-0.1, -0.05) is 34.1 Å². The highest BCUT2D eigenvalue weighted by Gasteiger charge is 2.65. The van der Waals surface area contributed by atoms with Crippen molar-refractivity contribution in [2.45, 2.75) is 123 Å². The number of rotatable bonds is 4. The quantitative estimate of drug-likeness (QED) is 0.402. The summed E-state index contributed by atoms with van der Waals surface area (Å²) in [4.78, 5) is 31.5. The Kier molecular flexibility index (Phi) is 8.80. The van der Waals surface area contributed by atoms with Crippen LogP contribution in [0.5, 0.6) is 0 Å². The van der Waals surface area contributed by atoms with Crippen molar-refractivity contribution in [2.24, 2.45) is 17.3 Å². The molecule has 3 unspecified atom stereocenters. The zero-order chi connectivity index (χ0) is 28.8. The van der Waals surface area contributed by atoms with Crippen molar-refractivity contribution in [1.82, 2.24) is 4.98 Å². The lowest BCUT2D eigenvalue weighted by Gasteiger charge is -2.35. The number of aryl methyl sites for hydroxylation is 1. The van der Waals surface area contributed by atoms with Gasteiger partial charge < -0.3 is 24.4 Å². The van der Waals surface area contributed by atoms with Gasteiger partial charge in [0.05, 0.1) is 59.0 Å². The lowest BCUT2D eigenvalue weighted by molar-refractivity contribution is -0.155. The molecule has 3 saturated heterocycles. The van der Waals surface area contributed by atoms with Gasteiger partial charge in [0.15, 0.2) is 0 Å². The second-order valence-electron chi connectivity index (χ2n) is 12.6. The fourth-order valence-corrected chi connectivity index (χ4v) is 6.78. The van der Waals surface area contributed by atoms with Gasteiger partial charge in [-0.05, 0) is 57.6 Å². The van der Waals surface area contributed by atoms with E-state index in [-0.39, 0.29) is 29.8 Å². The first-order valence-corrected chi connectivity index (χ1v) is 15.1. The Labute approximate surface area is 236 Å². The minimum atomic E-state index is -1.28. The Morgan fingerprint density at radius 2 is 1.95 bits per heavy atom. The summed E-state index contributed by atoms with van der Waals surface area (Å²) in [5, 5.41) is 25.3. The van der Waals surface area contributed by atoms with E-state index in [1.54, 1.807) is 25.2 Å². The van der Waals surface area contributed by atoms with Gasteiger partial charge in [-0.2, -0.15) is 0 Å². The van der Waals surface area contributed by atoms with Gasteiger partial charge in [0, 0.05) is 11.8 Å². The van der Waals surface area contributed by atoms with Gasteiger partial charge in [0.25, 0.3) is 0 Å². The number of thiazole rings is 1. The van der Waals surface area contributed by atoms with Gasteiger partial charge >= 0.3 is 5.97 Å². The molecule has 2 N–H and O–H groups in total. The number of carbonyl (C=O) groups is 2. The van der Waals surface area contributed by atoms with Crippen molar-refractivity contribution < 1.29 is 34.0 Å². The van der Waals surface area contributed by atoms with Crippen LogP contribution >= 0.6 is 11.3 Å². The summed E-state index contributed by atoms with van der Waals surface area (Å²) in [5.41, 5.74) is -0.414. The van der Waals surface area contributed by atoms with Crippen molar-refractivity contribution in [2.75, 3.05) is 6.61 Å². The highest BCUT2D eigenvalue weighted by atomic mass is 32.1. The maximum Gasteiger partial charge on any atom is 0.309 e. The molecule has 0 amide bonds. The van der Waals surface area contributed by atoms with Gasteiger partial charge in [-0.3, -0.25) is 9.59 Å². The number of hydrogen-bond acceptors (Lipinski definition) is 9. The molecule has 1 aromatic rings. The lowest BCUT2D eigenvalue weighted by Crippen LogP contribution is -2.48. The maximum absolute atomic E-state index is 13.7. The number of esters is 1. The summed E-state index contributed by atoms with van der Waals surface area (Å²) in [6, 6.07) is 0. The molecule has 218 valence electrons. The third-order valence-electron chi connectivity index (χ3n) is 9.38. The summed E-state index contributed by atoms with van der Waals surface area (Å²) >= 11 is 1.56. The molecule has 39 heavy (non-hydrogen) atoms. The highest BCUT2D eigenvalue weighted by molar-refractivity contribution is 7.09. The fourth-order valence-electron chi connectivity index (χ4n) is 6.21. The van der Waals surface area contributed by atoms with Gasteiger partial charge in [-0.25, -0.2) is 4.98 Å². The van der Waals surface area contributed by atoms with E-state index in [1.165, 1.54) is 0 Å². The van der Waals surface area contributed by atoms with Crippen LogP contribution < -0.4 is 0 Å². The van der Waals surface area contributed by atoms with E-state index < -0.39 is 41.2 Å². The number of aliphatic hydroxyl groups is 2. The molecule has 9 heteroatoms. The molecule has 0 radical (unpaired) electrons. The summed E-state index contributed by atoms with van der Waals surface area (Å²) in [6.45, 7) is 13.7.